The van der Waals surface area contributed by atoms with Crippen molar-refractivity contribution < 1.29 is 18.3 Å². The fraction of sp³-hybridized carbons (Fsp3) is 0.150. The topological polar surface area (TPSA) is 76.1 Å². The molecule has 0 fully saturated rings. The van der Waals surface area contributed by atoms with E-state index in [1.165, 1.54) is 18.5 Å². The van der Waals surface area contributed by atoms with E-state index >= 15 is 0 Å². The van der Waals surface area contributed by atoms with Gasteiger partial charge in [0.1, 0.15) is 17.3 Å². The Kier molecular flexibility index (Phi) is 6.11. The van der Waals surface area contributed by atoms with Crippen LogP contribution in [0.3, 0.4) is 0 Å². The molecule has 1 amide bonds. The molecule has 0 atom stereocenters. The van der Waals surface area contributed by atoms with E-state index < -0.39 is 17.5 Å². The molecule has 28 heavy (non-hydrogen) atoms. The largest absolute Gasteiger partial charge is 0.497 e. The third-order valence-corrected chi connectivity index (χ3v) is 3.94. The first kappa shape index (κ1) is 19.2. The van der Waals surface area contributed by atoms with Crippen molar-refractivity contribution in [1.82, 2.24) is 9.97 Å². The summed E-state index contributed by atoms with van der Waals surface area (Å²) in [6.07, 6.45) is 3.53. The van der Waals surface area contributed by atoms with Gasteiger partial charge in [0.2, 0.25) is 0 Å². The molecule has 0 unspecified atom stereocenters. The third-order valence-electron chi connectivity index (χ3n) is 3.94. The molecule has 0 saturated carbocycles. The highest BCUT2D eigenvalue weighted by molar-refractivity contribution is 6.02. The number of hydrogen-bond acceptors (Lipinski definition) is 5. The van der Waals surface area contributed by atoms with Crippen molar-refractivity contribution in [3.8, 4) is 5.75 Å². The van der Waals surface area contributed by atoms with E-state index in [0.717, 1.165) is 29.9 Å². The molecule has 144 valence electrons. The van der Waals surface area contributed by atoms with Crippen molar-refractivity contribution in [2.45, 2.75) is 6.42 Å². The van der Waals surface area contributed by atoms with Gasteiger partial charge in [-0.05, 0) is 36.2 Å². The van der Waals surface area contributed by atoms with Gasteiger partial charge in [-0.3, -0.25) is 4.79 Å². The summed E-state index contributed by atoms with van der Waals surface area (Å²) in [4.78, 5) is 20.3. The quantitative estimate of drug-likeness (QED) is 0.650. The lowest BCUT2D eigenvalue weighted by molar-refractivity contribution is 0.102. The van der Waals surface area contributed by atoms with E-state index in [0.29, 0.717) is 12.4 Å². The van der Waals surface area contributed by atoms with Gasteiger partial charge in [0.15, 0.2) is 11.6 Å². The normalized spacial score (nSPS) is 10.4. The predicted molar refractivity (Wildman–Crippen MR) is 102 cm³/mol. The Morgan fingerprint density at radius 2 is 1.82 bits per heavy atom. The molecule has 0 radical (unpaired) electrons. The van der Waals surface area contributed by atoms with E-state index in [4.69, 9.17) is 4.74 Å². The lowest BCUT2D eigenvalue weighted by Gasteiger charge is -2.08. The van der Waals surface area contributed by atoms with Crippen molar-refractivity contribution in [3.05, 3.63) is 77.8 Å². The minimum absolute atomic E-state index is 0.0606. The Labute approximate surface area is 160 Å². The zero-order chi connectivity index (χ0) is 19.9. The van der Waals surface area contributed by atoms with Crippen LogP contribution in [0, 0.1) is 11.6 Å². The summed E-state index contributed by atoms with van der Waals surface area (Å²) in [5.41, 5.74) is 1.33. The lowest BCUT2D eigenvalue weighted by atomic mass is 10.1. The van der Waals surface area contributed by atoms with Crippen LogP contribution in [0.1, 0.15) is 16.1 Å². The molecule has 0 aliphatic heterocycles. The third kappa shape index (κ3) is 5.00. The Hall–Kier alpha value is -3.55. The number of methoxy groups -OCH3 is 1. The smallest absolute Gasteiger partial charge is 0.275 e. The standard InChI is InChI=1S/C20H18F2N4O2/c1-28-15-5-2-13(3-6-15)8-9-23-19-12-24-18(11-25-19)20(27)26-14-4-7-16(21)17(22)10-14/h2-7,10-12H,8-9H2,1H3,(H,23,25)(H,26,27). The molecule has 6 nitrogen and oxygen atoms in total. The van der Waals surface area contributed by atoms with Crippen molar-refractivity contribution in [3.63, 3.8) is 0 Å². The van der Waals surface area contributed by atoms with Gasteiger partial charge in [0, 0.05) is 18.3 Å². The van der Waals surface area contributed by atoms with Gasteiger partial charge in [-0.2, -0.15) is 0 Å². The lowest BCUT2D eigenvalue weighted by Crippen LogP contribution is -2.15. The number of carbonyl (C=O) groups is 1. The van der Waals surface area contributed by atoms with Gasteiger partial charge in [-0.1, -0.05) is 12.1 Å². The second-order valence-corrected chi connectivity index (χ2v) is 5.89. The van der Waals surface area contributed by atoms with Crippen LogP contribution >= 0.6 is 0 Å². The molecule has 0 saturated heterocycles. The molecule has 0 bridgehead atoms. The maximum atomic E-state index is 13.2. The molecule has 0 aliphatic rings. The van der Waals surface area contributed by atoms with E-state index in [1.807, 2.05) is 24.3 Å². The number of halogens is 2. The SMILES string of the molecule is COc1ccc(CCNc2cnc(C(=O)Nc3ccc(F)c(F)c3)cn2)cc1. The van der Waals surface area contributed by atoms with Crippen molar-refractivity contribution >= 4 is 17.4 Å². The monoisotopic (exact) mass is 384 g/mol. The molecular formula is C20H18F2N4O2. The second-order valence-electron chi connectivity index (χ2n) is 5.89. The van der Waals surface area contributed by atoms with Crippen molar-refractivity contribution in [2.75, 3.05) is 24.3 Å². The number of anilines is 2. The van der Waals surface area contributed by atoms with Gasteiger partial charge in [-0.25, -0.2) is 18.7 Å². The summed E-state index contributed by atoms with van der Waals surface area (Å²) in [7, 11) is 1.62. The minimum Gasteiger partial charge on any atom is -0.497 e. The number of rotatable bonds is 7. The number of amides is 1. The van der Waals surface area contributed by atoms with Gasteiger partial charge in [0.05, 0.1) is 19.5 Å². The van der Waals surface area contributed by atoms with E-state index in [2.05, 4.69) is 20.6 Å². The Morgan fingerprint density at radius 1 is 1.04 bits per heavy atom. The summed E-state index contributed by atoms with van der Waals surface area (Å²) >= 11 is 0. The van der Waals surface area contributed by atoms with Crippen LogP contribution in [-0.2, 0) is 6.42 Å². The summed E-state index contributed by atoms with van der Waals surface area (Å²) in [5.74, 6) is -1.26. The summed E-state index contributed by atoms with van der Waals surface area (Å²) in [5, 5.41) is 5.56. The van der Waals surface area contributed by atoms with Crippen LogP contribution < -0.4 is 15.4 Å². The number of carbonyl (C=O) groups excluding carboxylic acids is 1. The van der Waals surface area contributed by atoms with E-state index in [-0.39, 0.29) is 11.4 Å². The fourth-order valence-corrected chi connectivity index (χ4v) is 2.43. The van der Waals surface area contributed by atoms with Gasteiger partial charge in [0.25, 0.3) is 5.91 Å². The first-order chi connectivity index (χ1) is 13.5. The van der Waals surface area contributed by atoms with E-state index in [9.17, 15) is 13.6 Å². The summed E-state index contributed by atoms with van der Waals surface area (Å²) in [6, 6.07) is 10.9. The Balaban J connectivity index is 1.52. The zero-order valence-electron chi connectivity index (χ0n) is 15.1. The second kappa shape index (κ2) is 8.90. The van der Waals surface area contributed by atoms with Crippen LogP contribution in [0.2, 0.25) is 0 Å². The summed E-state index contributed by atoms with van der Waals surface area (Å²) < 4.78 is 31.2. The van der Waals surface area contributed by atoms with Crippen molar-refractivity contribution in [1.29, 1.82) is 0 Å². The summed E-state index contributed by atoms with van der Waals surface area (Å²) in [6.45, 7) is 0.640. The van der Waals surface area contributed by atoms with Crippen LogP contribution in [0.5, 0.6) is 5.75 Å². The number of nitrogens with one attached hydrogen (secondary N) is 2. The maximum absolute atomic E-state index is 13.2. The molecule has 2 aromatic carbocycles. The number of benzene rings is 2. The molecule has 2 N–H and O–H groups in total. The highest BCUT2D eigenvalue weighted by Crippen LogP contribution is 2.14. The van der Waals surface area contributed by atoms with Crippen LogP contribution in [0.4, 0.5) is 20.3 Å². The Bertz CT molecular complexity index is 947. The van der Waals surface area contributed by atoms with Crippen molar-refractivity contribution in [2.24, 2.45) is 0 Å². The maximum Gasteiger partial charge on any atom is 0.275 e. The first-order valence-electron chi connectivity index (χ1n) is 8.50. The average molecular weight is 384 g/mol. The van der Waals surface area contributed by atoms with E-state index in [1.54, 1.807) is 7.11 Å². The first-order valence-corrected chi connectivity index (χ1v) is 8.50. The predicted octanol–water partition coefficient (Wildman–Crippen LogP) is 3.67. The molecule has 1 aromatic heterocycles. The van der Waals surface area contributed by atoms with Crippen LogP contribution in [0.25, 0.3) is 0 Å². The molecule has 0 spiro atoms. The van der Waals surface area contributed by atoms with Crippen LogP contribution in [0.15, 0.2) is 54.9 Å². The number of nitrogens with zero attached hydrogens (tertiary/aromatic N) is 2. The number of hydrogen-bond donors (Lipinski definition) is 2. The molecule has 1 heterocycles. The highest BCUT2D eigenvalue weighted by atomic mass is 19.2. The minimum atomic E-state index is -1.04. The van der Waals surface area contributed by atoms with Gasteiger partial charge >= 0.3 is 0 Å². The Morgan fingerprint density at radius 3 is 2.46 bits per heavy atom. The molecular weight excluding hydrogens is 366 g/mol. The van der Waals surface area contributed by atoms with Crippen LogP contribution in [-0.4, -0.2) is 29.5 Å². The zero-order valence-corrected chi connectivity index (χ0v) is 15.1. The number of aromatic nitrogens is 2. The molecule has 3 rings (SSSR count). The van der Waals surface area contributed by atoms with Gasteiger partial charge in [-0.15, -0.1) is 0 Å². The molecule has 8 heteroatoms. The molecule has 0 aliphatic carbocycles. The highest BCUT2D eigenvalue weighted by Gasteiger charge is 2.10. The van der Waals surface area contributed by atoms with Gasteiger partial charge < -0.3 is 15.4 Å². The molecule has 3 aromatic rings. The number of ether oxygens (including phenoxy) is 1. The average Bonchev–Trinajstić information content (AvgIpc) is 2.72. The fourth-order valence-electron chi connectivity index (χ4n) is 2.43.